The van der Waals surface area contributed by atoms with Gasteiger partial charge in [-0.15, -0.1) is 5.10 Å². The van der Waals surface area contributed by atoms with Crippen molar-refractivity contribution in [3.05, 3.63) is 42.0 Å². The van der Waals surface area contributed by atoms with E-state index in [9.17, 15) is 0 Å². The van der Waals surface area contributed by atoms with Crippen molar-refractivity contribution in [1.29, 1.82) is 0 Å². The summed E-state index contributed by atoms with van der Waals surface area (Å²) in [4.78, 5) is 0. The van der Waals surface area contributed by atoms with Crippen molar-refractivity contribution >= 4 is 22.4 Å². The van der Waals surface area contributed by atoms with Crippen LogP contribution in [0.2, 0.25) is 0 Å². The van der Waals surface area contributed by atoms with Gasteiger partial charge in [0.1, 0.15) is 5.52 Å². The lowest BCUT2D eigenvalue weighted by molar-refractivity contribution is 0.823. The quantitative estimate of drug-likeness (QED) is 0.716. The van der Waals surface area contributed by atoms with E-state index in [4.69, 9.17) is 5.73 Å². The Kier molecular flexibility index (Phi) is 3.02. The molecule has 1 heterocycles. The molecule has 0 radical (unpaired) electrons. The molecule has 1 aromatic heterocycles. The van der Waals surface area contributed by atoms with Crippen molar-refractivity contribution in [2.75, 3.05) is 17.6 Å². The Bertz CT molecular complexity index is 760. The van der Waals surface area contributed by atoms with Gasteiger partial charge in [0, 0.05) is 6.54 Å². The van der Waals surface area contributed by atoms with Crippen LogP contribution in [0, 0.1) is 6.92 Å². The largest absolute Gasteiger partial charge is 0.397 e. The molecule has 0 atom stereocenters. The van der Waals surface area contributed by atoms with Gasteiger partial charge >= 0.3 is 0 Å². The third kappa shape index (κ3) is 1.97. The van der Waals surface area contributed by atoms with Crippen LogP contribution >= 0.6 is 0 Å². The second-order valence-corrected chi connectivity index (χ2v) is 4.74. The highest BCUT2D eigenvalue weighted by atomic mass is 15.4. The van der Waals surface area contributed by atoms with Gasteiger partial charge in [0.2, 0.25) is 0 Å². The molecule has 102 valence electrons. The zero-order chi connectivity index (χ0) is 14.1. The Morgan fingerprint density at radius 3 is 2.85 bits per heavy atom. The second kappa shape index (κ2) is 4.85. The summed E-state index contributed by atoms with van der Waals surface area (Å²) in [6.45, 7) is 4.87. The first-order chi connectivity index (χ1) is 9.70. The van der Waals surface area contributed by atoms with Gasteiger partial charge in [0.25, 0.3) is 0 Å². The Morgan fingerprint density at radius 1 is 1.25 bits per heavy atom. The third-order valence-electron chi connectivity index (χ3n) is 3.34. The zero-order valence-electron chi connectivity index (χ0n) is 11.6. The summed E-state index contributed by atoms with van der Waals surface area (Å²) in [6.07, 6.45) is 0. The highest BCUT2D eigenvalue weighted by Gasteiger charge is 2.10. The minimum atomic E-state index is 0.778. The predicted octanol–water partition coefficient (Wildman–Crippen LogP) is 2.74. The molecule has 0 aliphatic heterocycles. The number of fused-ring (bicyclic) bond motifs is 1. The van der Waals surface area contributed by atoms with Crippen molar-refractivity contribution < 1.29 is 0 Å². The summed E-state index contributed by atoms with van der Waals surface area (Å²) in [6, 6.07) is 11.9. The molecule has 0 aliphatic rings. The van der Waals surface area contributed by atoms with E-state index in [0.29, 0.717) is 0 Å². The first-order valence-electron chi connectivity index (χ1n) is 6.65. The molecular weight excluding hydrogens is 250 g/mol. The molecule has 0 bridgehead atoms. The summed E-state index contributed by atoms with van der Waals surface area (Å²) in [5.41, 5.74) is 11.7. The lowest BCUT2D eigenvalue weighted by atomic mass is 10.1. The van der Waals surface area contributed by atoms with Gasteiger partial charge in [0.05, 0.1) is 22.6 Å². The molecule has 0 unspecified atom stereocenters. The fourth-order valence-electron chi connectivity index (χ4n) is 2.30. The van der Waals surface area contributed by atoms with Crippen molar-refractivity contribution in [1.82, 2.24) is 15.0 Å². The average molecular weight is 267 g/mol. The minimum Gasteiger partial charge on any atom is -0.397 e. The zero-order valence-corrected chi connectivity index (χ0v) is 11.6. The Labute approximate surface area is 117 Å². The molecule has 3 rings (SSSR count). The SMILES string of the molecule is CCNc1cc(-n2nnc3ccccc32)cc(C)c1N. The van der Waals surface area contributed by atoms with E-state index in [1.807, 2.05) is 54.9 Å². The maximum Gasteiger partial charge on any atom is 0.113 e. The smallest absolute Gasteiger partial charge is 0.113 e. The molecule has 0 saturated carbocycles. The molecule has 2 aromatic carbocycles. The van der Waals surface area contributed by atoms with E-state index >= 15 is 0 Å². The summed E-state index contributed by atoms with van der Waals surface area (Å²) in [5.74, 6) is 0. The van der Waals surface area contributed by atoms with E-state index in [0.717, 1.165) is 40.2 Å². The fourth-order valence-corrected chi connectivity index (χ4v) is 2.30. The normalized spacial score (nSPS) is 10.9. The van der Waals surface area contributed by atoms with Crippen LogP contribution in [0.4, 0.5) is 11.4 Å². The van der Waals surface area contributed by atoms with Gasteiger partial charge in [-0.1, -0.05) is 17.3 Å². The van der Waals surface area contributed by atoms with Crippen molar-refractivity contribution in [2.45, 2.75) is 13.8 Å². The van der Waals surface area contributed by atoms with Crippen LogP contribution in [0.1, 0.15) is 12.5 Å². The van der Waals surface area contributed by atoms with Gasteiger partial charge in [-0.2, -0.15) is 0 Å². The van der Waals surface area contributed by atoms with Crippen molar-refractivity contribution in [3.8, 4) is 5.69 Å². The Hall–Kier alpha value is -2.56. The lowest BCUT2D eigenvalue weighted by Crippen LogP contribution is -2.05. The highest BCUT2D eigenvalue weighted by molar-refractivity contribution is 5.78. The van der Waals surface area contributed by atoms with Gasteiger partial charge < -0.3 is 11.1 Å². The van der Waals surface area contributed by atoms with Gasteiger partial charge in [0.15, 0.2) is 0 Å². The number of aromatic nitrogens is 3. The molecule has 0 aliphatic carbocycles. The number of nitrogens with one attached hydrogen (secondary N) is 1. The number of hydrogen-bond donors (Lipinski definition) is 2. The third-order valence-corrected chi connectivity index (χ3v) is 3.34. The van der Waals surface area contributed by atoms with E-state index < -0.39 is 0 Å². The number of nitrogens with two attached hydrogens (primary N) is 1. The van der Waals surface area contributed by atoms with E-state index in [2.05, 4.69) is 15.6 Å². The minimum absolute atomic E-state index is 0.778. The molecule has 3 N–H and O–H groups in total. The number of hydrogen-bond acceptors (Lipinski definition) is 4. The second-order valence-electron chi connectivity index (χ2n) is 4.74. The van der Waals surface area contributed by atoms with Crippen LogP contribution in [0.3, 0.4) is 0 Å². The number of rotatable bonds is 3. The number of nitrogens with zero attached hydrogens (tertiary/aromatic N) is 3. The van der Waals surface area contributed by atoms with Crippen molar-refractivity contribution in [3.63, 3.8) is 0 Å². The predicted molar refractivity (Wildman–Crippen MR) is 82.2 cm³/mol. The van der Waals surface area contributed by atoms with Crippen LogP contribution in [0.5, 0.6) is 0 Å². The maximum atomic E-state index is 6.10. The Morgan fingerprint density at radius 2 is 2.05 bits per heavy atom. The van der Waals surface area contributed by atoms with Crippen LogP contribution in [0.15, 0.2) is 36.4 Å². The molecule has 20 heavy (non-hydrogen) atoms. The standard InChI is InChI=1S/C15H17N5/c1-3-17-13-9-11(8-10(2)15(13)16)20-14-7-5-4-6-12(14)18-19-20/h4-9,17H,3,16H2,1-2H3. The van der Waals surface area contributed by atoms with Gasteiger partial charge in [-0.05, 0) is 43.7 Å². The molecule has 5 nitrogen and oxygen atoms in total. The molecule has 0 spiro atoms. The molecular formula is C15H17N5. The lowest BCUT2D eigenvalue weighted by Gasteiger charge is -2.13. The topological polar surface area (TPSA) is 68.8 Å². The molecule has 0 fully saturated rings. The number of nitrogen functional groups attached to an aromatic ring is 1. The number of para-hydroxylation sites is 1. The van der Waals surface area contributed by atoms with Gasteiger partial charge in [-0.25, -0.2) is 4.68 Å². The molecule has 0 amide bonds. The molecule has 3 aromatic rings. The monoisotopic (exact) mass is 267 g/mol. The summed E-state index contributed by atoms with van der Waals surface area (Å²) < 4.78 is 1.84. The number of anilines is 2. The van der Waals surface area contributed by atoms with Crippen LogP contribution in [0.25, 0.3) is 16.7 Å². The average Bonchev–Trinajstić information content (AvgIpc) is 2.88. The summed E-state index contributed by atoms with van der Waals surface area (Å²) in [7, 11) is 0. The Balaban J connectivity index is 2.19. The van der Waals surface area contributed by atoms with Gasteiger partial charge in [-0.3, -0.25) is 0 Å². The van der Waals surface area contributed by atoms with Crippen LogP contribution in [-0.4, -0.2) is 21.5 Å². The first-order valence-corrected chi connectivity index (χ1v) is 6.65. The number of benzene rings is 2. The summed E-state index contributed by atoms with van der Waals surface area (Å²) in [5, 5.41) is 11.7. The van der Waals surface area contributed by atoms with E-state index in [-0.39, 0.29) is 0 Å². The molecule has 0 saturated heterocycles. The highest BCUT2D eigenvalue weighted by Crippen LogP contribution is 2.27. The first kappa shape index (κ1) is 12.5. The summed E-state index contributed by atoms with van der Waals surface area (Å²) >= 11 is 0. The van der Waals surface area contributed by atoms with E-state index in [1.165, 1.54) is 0 Å². The van der Waals surface area contributed by atoms with Crippen LogP contribution in [-0.2, 0) is 0 Å². The van der Waals surface area contributed by atoms with E-state index in [1.54, 1.807) is 0 Å². The fraction of sp³-hybridized carbons (Fsp3) is 0.200. The maximum absolute atomic E-state index is 6.10. The van der Waals surface area contributed by atoms with Crippen LogP contribution < -0.4 is 11.1 Å². The number of aryl methyl sites for hydroxylation is 1. The van der Waals surface area contributed by atoms with Crippen molar-refractivity contribution in [2.24, 2.45) is 0 Å². The molecule has 5 heteroatoms.